The fourth-order valence-corrected chi connectivity index (χ4v) is 3.49. The quantitative estimate of drug-likeness (QED) is 0.782. The number of ether oxygens (including phenoxy) is 1. The molecule has 0 atom stereocenters. The minimum atomic E-state index is -3.69. The molecule has 0 N–H and O–H groups in total. The maximum absolute atomic E-state index is 12.4. The molecule has 6 nitrogen and oxygen atoms in total. The van der Waals surface area contributed by atoms with E-state index >= 15 is 0 Å². The number of hydrogen-bond acceptors (Lipinski definition) is 5. The number of aldehydes is 1. The summed E-state index contributed by atoms with van der Waals surface area (Å²) in [5, 5.41) is 0.938. The number of anilines is 1. The molecule has 1 aromatic carbocycles. The summed E-state index contributed by atoms with van der Waals surface area (Å²) in [6, 6.07) is 6.11. The zero-order chi connectivity index (χ0) is 16.5. The summed E-state index contributed by atoms with van der Waals surface area (Å²) < 4.78 is 29.8. The first kappa shape index (κ1) is 16.2. The van der Waals surface area contributed by atoms with Gasteiger partial charge in [0.2, 0.25) is 9.84 Å². The summed E-state index contributed by atoms with van der Waals surface area (Å²) in [4.78, 5) is 24.4. The Labute approximate surface area is 129 Å². The lowest BCUT2D eigenvalue weighted by Gasteiger charge is -2.31. The molecule has 22 heavy (non-hydrogen) atoms. The Morgan fingerprint density at radius 1 is 1.27 bits per heavy atom. The van der Waals surface area contributed by atoms with Crippen LogP contribution in [0.1, 0.15) is 27.2 Å². The van der Waals surface area contributed by atoms with Gasteiger partial charge >= 0.3 is 6.09 Å². The van der Waals surface area contributed by atoms with E-state index in [1.807, 2.05) is 0 Å². The van der Waals surface area contributed by atoms with Gasteiger partial charge in [0, 0.05) is 12.1 Å². The number of allylic oxidation sites excluding steroid dienone is 1. The maximum Gasteiger partial charge on any atom is 0.419 e. The second-order valence-electron chi connectivity index (χ2n) is 5.81. The first-order valence-corrected chi connectivity index (χ1v) is 8.22. The Hall–Kier alpha value is -2.15. The number of carbonyl (C=O) groups excluding carboxylic acids is 2. The van der Waals surface area contributed by atoms with Crippen LogP contribution in [-0.2, 0) is 19.4 Å². The number of fused-ring (bicyclic) bond motifs is 1. The van der Waals surface area contributed by atoms with Crippen molar-refractivity contribution < 1.29 is 22.7 Å². The van der Waals surface area contributed by atoms with Gasteiger partial charge in [0.1, 0.15) is 11.9 Å². The van der Waals surface area contributed by atoms with Crippen LogP contribution in [0.2, 0.25) is 0 Å². The minimum absolute atomic E-state index is 0.00973. The summed E-state index contributed by atoms with van der Waals surface area (Å²) in [5.41, 5.74) is -0.478. The van der Waals surface area contributed by atoms with Gasteiger partial charge in [0.15, 0.2) is 0 Å². The average molecular weight is 323 g/mol. The first-order valence-electron chi connectivity index (χ1n) is 6.67. The van der Waals surface area contributed by atoms with E-state index in [1.165, 1.54) is 12.1 Å². The minimum Gasteiger partial charge on any atom is -0.443 e. The third-order valence-electron chi connectivity index (χ3n) is 2.86. The molecule has 0 unspecified atom stereocenters. The largest absolute Gasteiger partial charge is 0.443 e. The first-order chi connectivity index (χ1) is 10.2. The van der Waals surface area contributed by atoms with Crippen molar-refractivity contribution in [1.82, 2.24) is 0 Å². The molecular weight excluding hydrogens is 306 g/mol. The van der Waals surface area contributed by atoms with Crippen LogP contribution in [0.25, 0.3) is 0 Å². The SMILES string of the molecule is CC(C)(C)OC(=O)N1C(CC=O)=CS(=O)(=O)c2ccccc21. The second-order valence-corrected chi connectivity index (χ2v) is 7.57. The van der Waals surface area contributed by atoms with Crippen LogP contribution in [0.3, 0.4) is 0 Å². The van der Waals surface area contributed by atoms with Crippen LogP contribution >= 0.6 is 0 Å². The Balaban J connectivity index is 2.58. The number of para-hydroxylation sites is 1. The highest BCUT2D eigenvalue weighted by molar-refractivity contribution is 7.94. The summed E-state index contributed by atoms with van der Waals surface area (Å²) in [5.74, 6) is 0. The lowest BCUT2D eigenvalue weighted by molar-refractivity contribution is -0.107. The van der Waals surface area contributed by atoms with Gasteiger partial charge in [-0.15, -0.1) is 0 Å². The van der Waals surface area contributed by atoms with Gasteiger partial charge < -0.3 is 9.53 Å². The van der Waals surface area contributed by atoms with Crippen molar-refractivity contribution in [3.05, 3.63) is 35.4 Å². The molecule has 0 aromatic heterocycles. The lowest BCUT2D eigenvalue weighted by atomic mass is 10.2. The molecule has 1 heterocycles. The van der Waals surface area contributed by atoms with Crippen molar-refractivity contribution in [2.75, 3.05) is 4.90 Å². The van der Waals surface area contributed by atoms with Gasteiger partial charge in [-0.25, -0.2) is 18.1 Å². The van der Waals surface area contributed by atoms with Crippen LogP contribution < -0.4 is 4.90 Å². The van der Waals surface area contributed by atoms with E-state index < -0.39 is 21.5 Å². The third kappa shape index (κ3) is 3.19. The van der Waals surface area contributed by atoms with Crippen molar-refractivity contribution >= 4 is 27.9 Å². The number of hydrogen-bond donors (Lipinski definition) is 0. The van der Waals surface area contributed by atoms with Crippen molar-refractivity contribution in [1.29, 1.82) is 0 Å². The molecule has 2 rings (SSSR count). The number of carbonyl (C=O) groups is 2. The summed E-state index contributed by atoms with van der Waals surface area (Å²) in [7, 11) is -3.69. The molecular formula is C15H17NO5S. The van der Waals surface area contributed by atoms with Gasteiger partial charge in [-0.2, -0.15) is 0 Å². The fourth-order valence-electron chi connectivity index (χ4n) is 2.08. The fraction of sp³-hybridized carbons (Fsp3) is 0.333. The van der Waals surface area contributed by atoms with Crippen LogP contribution in [0.5, 0.6) is 0 Å². The summed E-state index contributed by atoms with van der Waals surface area (Å²) in [6.07, 6.45) is -0.373. The van der Waals surface area contributed by atoms with Crippen molar-refractivity contribution in [3.8, 4) is 0 Å². The molecule has 0 spiro atoms. The Morgan fingerprint density at radius 3 is 2.50 bits per heavy atom. The Morgan fingerprint density at radius 2 is 1.91 bits per heavy atom. The molecule has 1 aliphatic heterocycles. The standard InChI is InChI=1S/C15H17NO5S/c1-15(2,3)21-14(18)16-11(8-9-17)10-22(19,20)13-7-5-4-6-12(13)16/h4-7,9-10H,8H2,1-3H3. The molecule has 1 aliphatic rings. The molecule has 0 fully saturated rings. The van der Waals surface area contributed by atoms with E-state index in [-0.39, 0.29) is 22.7 Å². The number of benzene rings is 1. The van der Waals surface area contributed by atoms with Gasteiger partial charge in [-0.3, -0.25) is 0 Å². The van der Waals surface area contributed by atoms with E-state index in [1.54, 1.807) is 32.9 Å². The topological polar surface area (TPSA) is 80.8 Å². The highest BCUT2D eigenvalue weighted by Gasteiger charge is 2.34. The zero-order valence-corrected chi connectivity index (χ0v) is 13.4. The molecule has 0 bridgehead atoms. The molecule has 7 heteroatoms. The number of sulfone groups is 1. The maximum atomic E-state index is 12.4. The van der Waals surface area contributed by atoms with E-state index in [9.17, 15) is 18.0 Å². The van der Waals surface area contributed by atoms with Crippen LogP contribution in [0, 0.1) is 0 Å². The molecule has 0 saturated heterocycles. The van der Waals surface area contributed by atoms with E-state index in [2.05, 4.69) is 0 Å². The highest BCUT2D eigenvalue weighted by Crippen LogP contribution is 2.36. The molecule has 1 amide bonds. The smallest absolute Gasteiger partial charge is 0.419 e. The van der Waals surface area contributed by atoms with Crippen LogP contribution in [0.15, 0.2) is 40.3 Å². The Bertz CT molecular complexity index is 743. The zero-order valence-electron chi connectivity index (χ0n) is 12.6. The third-order valence-corrected chi connectivity index (χ3v) is 4.40. The van der Waals surface area contributed by atoms with E-state index in [4.69, 9.17) is 4.74 Å². The lowest BCUT2D eigenvalue weighted by Crippen LogP contribution is -2.38. The second kappa shape index (κ2) is 5.57. The molecule has 0 radical (unpaired) electrons. The van der Waals surface area contributed by atoms with E-state index in [0.717, 1.165) is 10.3 Å². The Kier molecular flexibility index (Phi) is 4.10. The molecule has 0 aliphatic carbocycles. The van der Waals surface area contributed by atoms with Gasteiger partial charge in [0.25, 0.3) is 0 Å². The van der Waals surface area contributed by atoms with Gasteiger partial charge in [-0.1, -0.05) is 12.1 Å². The van der Waals surface area contributed by atoms with Gasteiger partial charge in [-0.05, 0) is 32.9 Å². The summed E-state index contributed by atoms with van der Waals surface area (Å²) in [6.45, 7) is 5.13. The number of nitrogens with zero attached hydrogens (tertiary/aromatic N) is 1. The molecule has 0 saturated carbocycles. The number of rotatable bonds is 2. The monoisotopic (exact) mass is 323 g/mol. The molecule has 1 aromatic rings. The van der Waals surface area contributed by atoms with Crippen molar-refractivity contribution in [2.45, 2.75) is 37.7 Å². The van der Waals surface area contributed by atoms with Crippen LogP contribution in [0.4, 0.5) is 10.5 Å². The predicted molar refractivity (Wildman–Crippen MR) is 81.1 cm³/mol. The van der Waals surface area contributed by atoms with Crippen molar-refractivity contribution in [2.24, 2.45) is 0 Å². The average Bonchev–Trinajstić information content (AvgIpc) is 2.36. The molecule has 118 valence electrons. The highest BCUT2D eigenvalue weighted by atomic mass is 32.2. The van der Waals surface area contributed by atoms with Crippen LogP contribution in [-0.4, -0.2) is 26.4 Å². The van der Waals surface area contributed by atoms with E-state index in [0.29, 0.717) is 6.29 Å². The normalized spacial score (nSPS) is 16.5. The van der Waals surface area contributed by atoms with Gasteiger partial charge in [0.05, 0.1) is 16.0 Å². The predicted octanol–water partition coefficient (Wildman–Crippen LogP) is 2.65. The number of amides is 1. The summed E-state index contributed by atoms with van der Waals surface area (Å²) >= 11 is 0. The van der Waals surface area contributed by atoms with Crippen molar-refractivity contribution in [3.63, 3.8) is 0 Å².